The summed E-state index contributed by atoms with van der Waals surface area (Å²) >= 11 is 0. The van der Waals surface area contributed by atoms with Crippen LogP contribution in [0.4, 0.5) is 0 Å². The fourth-order valence-corrected chi connectivity index (χ4v) is 2.21. The monoisotopic (exact) mass is 333 g/mol. The fourth-order valence-electron chi connectivity index (χ4n) is 2.21. The predicted molar refractivity (Wildman–Crippen MR) is 92.4 cm³/mol. The summed E-state index contributed by atoms with van der Waals surface area (Å²) < 4.78 is 10.8. The van der Waals surface area contributed by atoms with Crippen molar-refractivity contribution in [2.45, 2.75) is 0 Å². The van der Waals surface area contributed by atoms with Crippen LogP contribution in [0.1, 0.15) is 20.7 Å². The highest BCUT2D eigenvalue weighted by Gasteiger charge is 2.18. The van der Waals surface area contributed by atoms with Gasteiger partial charge in [0.25, 0.3) is 0 Å². The summed E-state index contributed by atoms with van der Waals surface area (Å²) in [6, 6.07) is 16.8. The van der Waals surface area contributed by atoms with Crippen LogP contribution in [-0.2, 0) is 0 Å². The number of hydrogen-bond acceptors (Lipinski definition) is 5. The normalized spacial score (nSPS) is 10.1. The molecular weight excluding hydrogens is 318 g/mol. The van der Waals surface area contributed by atoms with Crippen LogP contribution >= 0.6 is 0 Å². The Morgan fingerprint density at radius 1 is 0.760 bits per heavy atom. The molecule has 3 rings (SSSR count). The third-order valence-electron chi connectivity index (χ3n) is 3.54. The molecule has 3 aromatic rings. The van der Waals surface area contributed by atoms with E-state index in [1.165, 1.54) is 6.20 Å². The van der Waals surface area contributed by atoms with E-state index in [1.54, 1.807) is 74.0 Å². The standard InChI is InChI=1S/C20H15NO4/c1-24-16-8-10-18(11-9-16)25-17-6-4-14(5-7-17)19(22)20(23)15-3-2-12-21-13-15/h2-13H,1H3. The van der Waals surface area contributed by atoms with Gasteiger partial charge in [0.1, 0.15) is 17.2 Å². The molecule has 2 aromatic carbocycles. The Balaban J connectivity index is 1.71. The molecule has 25 heavy (non-hydrogen) atoms. The second-order valence-electron chi connectivity index (χ2n) is 5.20. The average Bonchev–Trinajstić information content (AvgIpc) is 2.69. The minimum atomic E-state index is -0.586. The van der Waals surface area contributed by atoms with Crippen LogP contribution in [0.5, 0.6) is 17.2 Å². The van der Waals surface area contributed by atoms with E-state index in [0.717, 1.165) is 5.75 Å². The lowest BCUT2D eigenvalue weighted by molar-refractivity contribution is 0.0816. The zero-order chi connectivity index (χ0) is 17.6. The molecule has 5 heteroatoms. The highest BCUT2D eigenvalue weighted by atomic mass is 16.5. The van der Waals surface area contributed by atoms with E-state index in [9.17, 15) is 9.59 Å². The van der Waals surface area contributed by atoms with Crippen molar-refractivity contribution in [3.63, 3.8) is 0 Å². The first-order valence-corrected chi connectivity index (χ1v) is 7.58. The molecule has 0 amide bonds. The second-order valence-corrected chi connectivity index (χ2v) is 5.20. The first-order chi connectivity index (χ1) is 12.2. The van der Waals surface area contributed by atoms with Crippen LogP contribution in [0.2, 0.25) is 0 Å². The van der Waals surface area contributed by atoms with Crippen molar-refractivity contribution >= 4 is 11.6 Å². The molecule has 0 spiro atoms. The number of benzene rings is 2. The Labute approximate surface area is 144 Å². The van der Waals surface area contributed by atoms with E-state index in [1.807, 2.05) is 0 Å². The van der Waals surface area contributed by atoms with Gasteiger partial charge in [0, 0.05) is 23.5 Å². The van der Waals surface area contributed by atoms with Crippen molar-refractivity contribution in [1.82, 2.24) is 4.98 Å². The third-order valence-corrected chi connectivity index (χ3v) is 3.54. The molecule has 0 unspecified atom stereocenters. The van der Waals surface area contributed by atoms with Crippen molar-refractivity contribution in [3.05, 3.63) is 84.2 Å². The Hall–Kier alpha value is -3.47. The number of rotatable bonds is 6. The quantitative estimate of drug-likeness (QED) is 0.505. The molecule has 0 fully saturated rings. The summed E-state index contributed by atoms with van der Waals surface area (Å²) in [5.74, 6) is 0.782. The Morgan fingerprint density at radius 2 is 1.32 bits per heavy atom. The minimum Gasteiger partial charge on any atom is -0.497 e. The maximum absolute atomic E-state index is 12.3. The highest BCUT2D eigenvalue weighted by molar-refractivity contribution is 6.49. The van der Waals surface area contributed by atoms with E-state index in [2.05, 4.69) is 4.98 Å². The van der Waals surface area contributed by atoms with E-state index >= 15 is 0 Å². The van der Waals surface area contributed by atoms with Crippen LogP contribution in [0.15, 0.2) is 73.1 Å². The van der Waals surface area contributed by atoms with Crippen molar-refractivity contribution < 1.29 is 19.1 Å². The third kappa shape index (κ3) is 3.90. The van der Waals surface area contributed by atoms with Crippen molar-refractivity contribution in [2.24, 2.45) is 0 Å². The van der Waals surface area contributed by atoms with Crippen LogP contribution in [0.3, 0.4) is 0 Å². The molecule has 0 N–H and O–H groups in total. The van der Waals surface area contributed by atoms with E-state index in [4.69, 9.17) is 9.47 Å². The zero-order valence-electron chi connectivity index (χ0n) is 13.5. The fraction of sp³-hybridized carbons (Fsp3) is 0.0500. The zero-order valence-corrected chi connectivity index (χ0v) is 13.5. The topological polar surface area (TPSA) is 65.5 Å². The summed E-state index contributed by atoms with van der Waals surface area (Å²) in [4.78, 5) is 28.3. The van der Waals surface area contributed by atoms with E-state index in [-0.39, 0.29) is 5.56 Å². The number of carbonyl (C=O) groups is 2. The maximum atomic E-state index is 12.3. The minimum absolute atomic E-state index is 0.269. The summed E-state index contributed by atoms with van der Waals surface area (Å²) in [6.45, 7) is 0. The van der Waals surface area contributed by atoms with Crippen molar-refractivity contribution in [3.8, 4) is 17.2 Å². The Morgan fingerprint density at radius 3 is 1.88 bits per heavy atom. The molecule has 0 aliphatic rings. The molecule has 124 valence electrons. The molecule has 5 nitrogen and oxygen atoms in total. The molecule has 0 bridgehead atoms. The summed E-state index contributed by atoms with van der Waals surface area (Å²) in [7, 11) is 1.60. The first kappa shape index (κ1) is 16.4. The number of nitrogens with zero attached hydrogens (tertiary/aromatic N) is 1. The average molecular weight is 333 g/mol. The molecule has 1 heterocycles. The highest BCUT2D eigenvalue weighted by Crippen LogP contribution is 2.24. The van der Waals surface area contributed by atoms with Gasteiger partial charge >= 0.3 is 0 Å². The molecule has 1 aromatic heterocycles. The largest absolute Gasteiger partial charge is 0.497 e. The number of methoxy groups -OCH3 is 1. The number of carbonyl (C=O) groups excluding carboxylic acids is 2. The first-order valence-electron chi connectivity index (χ1n) is 7.58. The van der Waals surface area contributed by atoms with Gasteiger partial charge in [0.15, 0.2) is 0 Å². The summed E-state index contributed by atoms with van der Waals surface area (Å²) in [6.07, 6.45) is 2.92. The molecule has 0 atom stereocenters. The van der Waals surface area contributed by atoms with Gasteiger partial charge in [0.05, 0.1) is 7.11 Å². The van der Waals surface area contributed by atoms with Crippen LogP contribution in [-0.4, -0.2) is 23.7 Å². The smallest absolute Gasteiger partial charge is 0.235 e. The Bertz CT molecular complexity index is 872. The molecular formula is C20H15NO4. The van der Waals surface area contributed by atoms with Gasteiger partial charge in [-0.15, -0.1) is 0 Å². The van der Waals surface area contributed by atoms with Gasteiger partial charge in [-0.25, -0.2) is 0 Å². The van der Waals surface area contributed by atoms with Gasteiger partial charge in [-0.2, -0.15) is 0 Å². The van der Waals surface area contributed by atoms with Gasteiger partial charge in [-0.05, 0) is 60.7 Å². The molecule has 0 saturated heterocycles. The van der Waals surface area contributed by atoms with Crippen LogP contribution in [0.25, 0.3) is 0 Å². The van der Waals surface area contributed by atoms with Crippen molar-refractivity contribution in [1.29, 1.82) is 0 Å². The predicted octanol–water partition coefficient (Wildman–Crippen LogP) is 3.95. The van der Waals surface area contributed by atoms with Crippen molar-refractivity contribution in [2.75, 3.05) is 7.11 Å². The van der Waals surface area contributed by atoms with Gasteiger partial charge in [0.2, 0.25) is 11.6 Å². The number of pyridine rings is 1. The van der Waals surface area contributed by atoms with Crippen LogP contribution in [0, 0.1) is 0 Å². The lowest BCUT2D eigenvalue weighted by atomic mass is 10.0. The lowest BCUT2D eigenvalue weighted by Crippen LogP contribution is -2.14. The molecule has 0 aliphatic carbocycles. The van der Waals surface area contributed by atoms with E-state index in [0.29, 0.717) is 17.1 Å². The van der Waals surface area contributed by atoms with Gasteiger partial charge in [-0.1, -0.05) is 0 Å². The summed E-state index contributed by atoms with van der Waals surface area (Å²) in [5, 5.41) is 0. The number of aromatic nitrogens is 1. The lowest BCUT2D eigenvalue weighted by Gasteiger charge is -2.07. The van der Waals surface area contributed by atoms with Gasteiger partial charge < -0.3 is 9.47 Å². The maximum Gasteiger partial charge on any atom is 0.235 e. The van der Waals surface area contributed by atoms with E-state index < -0.39 is 11.6 Å². The van der Waals surface area contributed by atoms with Crippen LogP contribution < -0.4 is 9.47 Å². The number of ketones is 2. The van der Waals surface area contributed by atoms with Gasteiger partial charge in [-0.3, -0.25) is 14.6 Å². The molecule has 0 radical (unpaired) electrons. The second kappa shape index (κ2) is 7.40. The number of ether oxygens (including phenoxy) is 2. The molecule has 0 aliphatic heterocycles. The summed E-state index contributed by atoms with van der Waals surface area (Å²) in [5.41, 5.74) is 0.571. The number of Topliss-reactive ketones (excluding diaryl/α,β-unsaturated/α-hetero) is 2. The molecule has 0 saturated carbocycles. The SMILES string of the molecule is COc1ccc(Oc2ccc(C(=O)C(=O)c3cccnc3)cc2)cc1. The Kier molecular flexibility index (Phi) is 4.85. The number of hydrogen-bond donors (Lipinski definition) is 0.